The average molecular weight is 721 g/mol. The minimum absolute atomic E-state index is 0.530. The van der Waals surface area contributed by atoms with Crippen LogP contribution in [0.3, 0.4) is 0 Å². The van der Waals surface area contributed by atoms with Crippen LogP contribution < -0.4 is 23.7 Å². The lowest BCUT2D eigenvalue weighted by atomic mass is 9.66. The maximum absolute atomic E-state index is 14.3. The molecule has 1 unspecified atom stereocenters. The molecule has 0 bridgehead atoms. The van der Waals surface area contributed by atoms with E-state index in [2.05, 4.69) is 19.1 Å². The smallest absolute Gasteiger partial charge is 0.416 e. The Morgan fingerprint density at radius 2 is 1.38 bits per heavy atom. The Kier molecular flexibility index (Phi) is 8.83. The summed E-state index contributed by atoms with van der Waals surface area (Å²) in [6, 6.07) is 24.1. The summed E-state index contributed by atoms with van der Waals surface area (Å²) >= 11 is 0. The summed E-state index contributed by atoms with van der Waals surface area (Å²) in [6.07, 6.45) is 6.14. The van der Waals surface area contributed by atoms with Crippen molar-refractivity contribution in [3.05, 3.63) is 118 Å². The van der Waals surface area contributed by atoms with E-state index < -0.39 is 22.8 Å². The van der Waals surface area contributed by atoms with Crippen LogP contribution in [0.2, 0.25) is 0 Å². The van der Waals surface area contributed by atoms with E-state index in [-0.39, 0.29) is 0 Å². The van der Waals surface area contributed by atoms with E-state index >= 15 is 0 Å². The van der Waals surface area contributed by atoms with E-state index in [4.69, 9.17) is 23.7 Å². The molecule has 5 aromatic carbocycles. The summed E-state index contributed by atoms with van der Waals surface area (Å²) in [7, 11) is 4.83. The van der Waals surface area contributed by atoms with Crippen molar-refractivity contribution in [1.82, 2.24) is 0 Å². The van der Waals surface area contributed by atoms with Crippen molar-refractivity contribution in [3.8, 4) is 39.9 Å². The van der Waals surface area contributed by atoms with Gasteiger partial charge in [-0.1, -0.05) is 69.0 Å². The third-order valence-electron chi connectivity index (χ3n) is 11.4. The van der Waals surface area contributed by atoms with Crippen LogP contribution in [0.4, 0.5) is 13.2 Å². The molecule has 53 heavy (non-hydrogen) atoms. The summed E-state index contributed by atoms with van der Waals surface area (Å²) in [5.41, 5.74) is 3.90. The van der Waals surface area contributed by atoms with Gasteiger partial charge < -0.3 is 23.7 Å². The molecule has 0 radical (unpaired) electrons. The number of fused-ring (bicyclic) bond motifs is 10. The lowest BCUT2D eigenvalue weighted by Crippen LogP contribution is -2.35. The standard InChI is InChI=1S/C45H43F3O5/c1-5-6-24-52-32-17-12-29(13-18-32)44(28-10-15-31(49-2)16-11-28)23-20-34-41-40(35-26-38(50-3)39(51-4)27-36(35)42(34)53-44)33-19-14-30(45(46,47)48)25-37(33)43(41)21-8-7-9-22-43/h10-20,23,25-27H,5-9,21-22,24H2,1-4H3. The number of unbranched alkanes of at least 4 members (excludes halogenated alkanes) is 1. The second kappa shape index (κ2) is 13.4. The fourth-order valence-corrected chi connectivity index (χ4v) is 8.84. The van der Waals surface area contributed by atoms with Crippen LogP contribution in [0.1, 0.15) is 85.3 Å². The molecule has 1 aliphatic heterocycles. The van der Waals surface area contributed by atoms with Gasteiger partial charge in [-0.15, -0.1) is 0 Å². The molecule has 1 atom stereocenters. The first-order chi connectivity index (χ1) is 25.7. The number of halogens is 3. The molecule has 1 heterocycles. The van der Waals surface area contributed by atoms with E-state index in [0.29, 0.717) is 23.9 Å². The second-order valence-corrected chi connectivity index (χ2v) is 14.3. The summed E-state index contributed by atoms with van der Waals surface area (Å²) in [5.74, 6) is 3.21. The first-order valence-electron chi connectivity index (χ1n) is 18.4. The maximum Gasteiger partial charge on any atom is 0.416 e. The van der Waals surface area contributed by atoms with Gasteiger partial charge in [-0.05, 0) is 102 Å². The summed E-state index contributed by atoms with van der Waals surface area (Å²) in [6.45, 7) is 2.77. The molecule has 1 fully saturated rings. The van der Waals surface area contributed by atoms with Gasteiger partial charge in [-0.25, -0.2) is 0 Å². The molecule has 0 N–H and O–H groups in total. The highest BCUT2D eigenvalue weighted by Crippen LogP contribution is 2.63. The van der Waals surface area contributed by atoms with Gasteiger partial charge in [-0.3, -0.25) is 0 Å². The topological polar surface area (TPSA) is 46.2 Å². The number of rotatable bonds is 9. The van der Waals surface area contributed by atoms with Gasteiger partial charge in [0, 0.05) is 27.5 Å². The average Bonchev–Trinajstić information content (AvgIpc) is 3.46. The first-order valence-corrected chi connectivity index (χ1v) is 18.4. The number of ether oxygens (including phenoxy) is 5. The first kappa shape index (κ1) is 34.9. The number of hydrogen-bond acceptors (Lipinski definition) is 5. The number of alkyl halides is 3. The van der Waals surface area contributed by atoms with E-state index in [1.807, 2.05) is 60.7 Å². The van der Waals surface area contributed by atoms with Crippen molar-refractivity contribution in [3.63, 3.8) is 0 Å². The lowest BCUT2D eigenvalue weighted by molar-refractivity contribution is -0.137. The minimum atomic E-state index is -4.46. The molecule has 0 amide bonds. The highest BCUT2D eigenvalue weighted by atomic mass is 19.4. The van der Waals surface area contributed by atoms with E-state index in [1.165, 1.54) is 12.1 Å². The van der Waals surface area contributed by atoms with E-state index in [1.54, 1.807) is 27.4 Å². The third-order valence-corrected chi connectivity index (χ3v) is 11.4. The molecule has 1 saturated carbocycles. The Morgan fingerprint density at radius 3 is 1.98 bits per heavy atom. The van der Waals surface area contributed by atoms with Crippen molar-refractivity contribution >= 4 is 16.8 Å². The molecule has 5 aromatic rings. The Morgan fingerprint density at radius 1 is 0.736 bits per heavy atom. The molecule has 1 spiro atoms. The fraction of sp³-hybridized carbons (Fsp3) is 0.333. The van der Waals surface area contributed by atoms with Crippen LogP contribution in [0.15, 0.2) is 84.9 Å². The van der Waals surface area contributed by atoms with Crippen molar-refractivity contribution in [1.29, 1.82) is 0 Å². The van der Waals surface area contributed by atoms with Crippen LogP contribution in [0.25, 0.3) is 28.0 Å². The number of methoxy groups -OCH3 is 3. The van der Waals surface area contributed by atoms with Crippen LogP contribution >= 0.6 is 0 Å². The van der Waals surface area contributed by atoms with Gasteiger partial charge in [0.1, 0.15) is 17.2 Å². The monoisotopic (exact) mass is 720 g/mol. The molecule has 5 nitrogen and oxygen atoms in total. The molecule has 274 valence electrons. The fourth-order valence-electron chi connectivity index (χ4n) is 8.84. The Hall–Kier alpha value is -5.11. The molecule has 8 rings (SSSR count). The highest BCUT2D eigenvalue weighted by Gasteiger charge is 2.50. The zero-order valence-corrected chi connectivity index (χ0v) is 30.5. The Bertz CT molecular complexity index is 2200. The second-order valence-electron chi connectivity index (χ2n) is 14.3. The normalized spacial score (nSPS) is 18.2. The van der Waals surface area contributed by atoms with Crippen molar-refractivity contribution < 1.29 is 36.9 Å². The zero-order chi connectivity index (χ0) is 37.0. The van der Waals surface area contributed by atoms with Gasteiger partial charge in [0.2, 0.25) is 0 Å². The van der Waals surface area contributed by atoms with Crippen LogP contribution in [0, 0.1) is 0 Å². The molecule has 0 saturated heterocycles. The van der Waals surface area contributed by atoms with Crippen LogP contribution in [0.5, 0.6) is 28.7 Å². The molecular formula is C45H43F3O5. The van der Waals surface area contributed by atoms with Gasteiger partial charge in [-0.2, -0.15) is 13.2 Å². The largest absolute Gasteiger partial charge is 0.497 e. The predicted molar refractivity (Wildman–Crippen MR) is 202 cm³/mol. The minimum Gasteiger partial charge on any atom is -0.497 e. The van der Waals surface area contributed by atoms with Gasteiger partial charge >= 0.3 is 6.18 Å². The molecule has 8 heteroatoms. The quantitative estimate of drug-likeness (QED) is 0.142. The molecule has 3 aliphatic rings. The predicted octanol–water partition coefficient (Wildman–Crippen LogP) is 11.6. The van der Waals surface area contributed by atoms with Gasteiger partial charge in [0.05, 0.1) is 33.5 Å². The Labute approximate surface area is 308 Å². The Balaban J connectivity index is 1.41. The van der Waals surface area contributed by atoms with Crippen molar-refractivity contribution in [2.24, 2.45) is 0 Å². The van der Waals surface area contributed by atoms with Crippen LogP contribution in [-0.4, -0.2) is 27.9 Å². The van der Waals surface area contributed by atoms with Gasteiger partial charge in [0.25, 0.3) is 0 Å². The SMILES string of the molecule is CCCCOc1ccc(C2(c3ccc(OC)cc3)C=Cc3c4c(c5cc(OC)c(OC)cc5c3O2)-c2ccc(C(F)(F)F)cc2C42CCCCC2)cc1. The summed E-state index contributed by atoms with van der Waals surface area (Å²) < 4.78 is 73.7. The summed E-state index contributed by atoms with van der Waals surface area (Å²) in [4.78, 5) is 0. The van der Waals surface area contributed by atoms with Crippen molar-refractivity contribution in [2.45, 2.75) is 69.1 Å². The summed E-state index contributed by atoms with van der Waals surface area (Å²) in [5, 5.41) is 1.63. The number of benzene rings is 5. The highest BCUT2D eigenvalue weighted by molar-refractivity contribution is 6.09. The zero-order valence-electron chi connectivity index (χ0n) is 30.5. The van der Waals surface area contributed by atoms with Crippen LogP contribution in [-0.2, 0) is 17.2 Å². The molecular weight excluding hydrogens is 677 g/mol. The van der Waals surface area contributed by atoms with E-state index in [9.17, 15) is 13.2 Å². The molecule has 2 aliphatic carbocycles. The third kappa shape index (κ3) is 5.60. The van der Waals surface area contributed by atoms with Gasteiger partial charge in [0.15, 0.2) is 17.1 Å². The van der Waals surface area contributed by atoms with Crippen molar-refractivity contribution in [2.75, 3.05) is 27.9 Å². The maximum atomic E-state index is 14.3. The number of hydrogen-bond donors (Lipinski definition) is 0. The van der Waals surface area contributed by atoms with E-state index in [0.717, 1.165) is 106 Å². The molecule has 0 aromatic heterocycles. The lowest BCUT2D eigenvalue weighted by Gasteiger charge is -2.41.